The first-order valence-electron chi connectivity index (χ1n) is 31.4. The summed E-state index contributed by atoms with van der Waals surface area (Å²) in [5, 5.41) is 14.9. The predicted octanol–water partition coefficient (Wildman–Crippen LogP) is 9.80. The summed E-state index contributed by atoms with van der Waals surface area (Å²) in [6, 6.07) is 11.6. The van der Waals surface area contributed by atoms with Crippen molar-refractivity contribution in [3.05, 3.63) is 124 Å². The SMILES string of the molecule is C/C=C/C1=CN2C(=O)c3cc(OC)c(OCCCOc4cc5c(cc4C)C(=O)N4C=C(/C=C/C)C[C@H]4[C@H](O)N5C(=O)OCc4ccc(CC(=O)[C@H](C)NC(=O)[C@@H](CC(=O)CCOCCOCCOCCOCCCC(=O)CSCC)C(C)C)cc4)cc3N=C[C@@H]2C1. The average molecular weight is 1280 g/mol. The molecule has 0 saturated heterocycles. The molecule has 22 heteroatoms. The Hall–Kier alpha value is -7.47. The molecule has 0 aliphatic carbocycles. The number of allylic oxidation sites excluding steroid dienone is 4. The number of methoxy groups -OCH3 is 1. The number of carbonyl (C=O) groups excluding carboxylic acids is 7. The van der Waals surface area contributed by atoms with Crippen LogP contribution in [0.3, 0.4) is 0 Å². The summed E-state index contributed by atoms with van der Waals surface area (Å²) >= 11 is 1.63. The fourth-order valence-corrected chi connectivity index (χ4v) is 11.4. The number of carbonyl (C=O) groups is 7. The molecule has 4 heterocycles. The van der Waals surface area contributed by atoms with Crippen LogP contribution in [0, 0.1) is 18.8 Å². The normalized spacial score (nSPS) is 17.5. The monoisotopic (exact) mass is 1280 g/mol. The number of hydrogen-bond acceptors (Lipinski definition) is 18. The van der Waals surface area contributed by atoms with Crippen LogP contribution in [0.25, 0.3) is 0 Å². The van der Waals surface area contributed by atoms with Crippen molar-refractivity contribution < 1.29 is 76.6 Å². The molecule has 3 aromatic carbocycles. The molecular formula is C69H89N5O16S. The molecule has 4 aliphatic rings. The highest BCUT2D eigenvalue weighted by atomic mass is 32.2. The minimum atomic E-state index is -1.52. The Morgan fingerprint density at radius 3 is 2.01 bits per heavy atom. The van der Waals surface area contributed by atoms with E-state index in [0.717, 1.165) is 21.8 Å². The molecule has 7 rings (SSSR count). The van der Waals surface area contributed by atoms with Crippen molar-refractivity contribution in [3.63, 3.8) is 0 Å². The van der Waals surface area contributed by atoms with Gasteiger partial charge in [0.2, 0.25) is 5.91 Å². The molecule has 5 atom stereocenters. The number of nitrogens with zero attached hydrogens (tertiary/aromatic N) is 4. The molecule has 0 unspecified atom stereocenters. The Labute approximate surface area is 538 Å². The Bertz CT molecular complexity index is 3180. The lowest BCUT2D eigenvalue weighted by Gasteiger charge is -2.31. The number of aliphatic hydroxyl groups excluding tert-OH is 1. The van der Waals surface area contributed by atoms with E-state index in [9.17, 15) is 38.7 Å². The summed E-state index contributed by atoms with van der Waals surface area (Å²) in [6.45, 7) is 16.1. The van der Waals surface area contributed by atoms with Gasteiger partial charge in [0.15, 0.2) is 23.5 Å². The molecule has 4 amide bonds. The number of aryl methyl sites for hydroxylation is 1. The van der Waals surface area contributed by atoms with Crippen LogP contribution in [0.2, 0.25) is 0 Å². The van der Waals surface area contributed by atoms with Gasteiger partial charge in [-0.05, 0) is 98.6 Å². The fourth-order valence-electron chi connectivity index (χ4n) is 10.8. The highest BCUT2D eigenvalue weighted by Gasteiger charge is 2.45. The van der Waals surface area contributed by atoms with E-state index in [1.807, 2.05) is 65.1 Å². The summed E-state index contributed by atoms with van der Waals surface area (Å²) in [7, 11) is 1.51. The number of aliphatic hydroxyl groups is 1. The van der Waals surface area contributed by atoms with Gasteiger partial charge in [-0.15, -0.1) is 0 Å². The van der Waals surface area contributed by atoms with Crippen LogP contribution in [-0.4, -0.2) is 171 Å². The first kappa shape index (κ1) is 71.0. The van der Waals surface area contributed by atoms with Gasteiger partial charge in [0.1, 0.15) is 23.9 Å². The largest absolute Gasteiger partial charge is 0.493 e. The van der Waals surface area contributed by atoms with Crippen LogP contribution in [0.15, 0.2) is 101 Å². The fraction of sp³-hybridized carbons (Fsp3) is 0.507. The van der Waals surface area contributed by atoms with Crippen LogP contribution in [0.5, 0.6) is 17.2 Å². The van der Waals surface area contributed by atoms with Gasteiger partial charge in [-0.2, -0.15) is 11.8 Å². The second-order valence-corrected chi connectivity index (χ2v) is 24.2. The van der Waals surface area contributed by atoms with E-state index < -0.39 is 36.2 Å². The van der Waals surface area contributed by atoms with Gasteiger partial charge in [-0.1, -0.05) is 69.3 Å². The number of Topliss-reactive ketones (excluding diaryl/α,β-unsaturated/α-hetero) is 3. The topological polar surface area (TPSA) is 248 Å². The average Bonchev–Trinajstić information content (AvgIpc) is 1.64. The van der Waals surface area contributed by atoms with Crippen molar-refractivity contribution in [2.45, 2.75) is 131 Å². The number of aliphatic imine (C=N–C) groups is 1. The van der Waals surface area contributed by atoms with Crippen LogP contribution in [0.4, 0.5) is 16.2 Å². The Morgan fingerprint density at radius 1 is 0.725 bits per heavy atom. The minimum Gasteiger partial charge on any atom is -0.493 e. The van der Waals surface area contributed by atoms with E-state index in [2.05, 4.69) is 10.3 Å². The second-order valence-electron chi connectivity index (χ2n) is 23.0. The number of amides is 4. The molecule has 0 saturated carbocycles. The van der Waals surface area contributed by atoms with Crippen molar-refractivity contribution in [2.24, 2.45) is 16.8 Å². The number of benzene rings is 3. The zero-order chi connectivity index (χ0) is 65.4. The Balaban J connectivity index is 0.860. The molecule has 0 radical (unpaired) electrons. The van der Waals surface area contributed by atoms with Gasteiger partial charge in [0.25, 0.3) is 11.8 Å². The number of thioether (sulfide) groups is 1. The molecule has 0 spiro atoms. The maximum atomic E-state index is 14.4. The van der Waals surface area contributed by atoms with Crippen LogP contribution >= 0.6 is 11.8 Å². The molecule has 2 N–H and O–H groups in total. The lowest BCUT2D eigenvalue weighted by molar-refractivity contribution is -0.133. The summed E-state index contributed by atoms with van der Waals surface area (Å²) in [5.74, 6) is 0.731. The lowest BCUT2D eigenvalue weighted by Crippen LogP contribution is -2.50. The Kier molecular flexibility index (Phi) is 28.0. The summed E-state index contributed by atoms with van der Waals surface area (Å²) in [6.07, 6.45) is 13.2. The molecule has 0 aromatic heterocycles. The number of ether oxygens (including phenoxy) is 8. The quantitative estimate of drug-likeness (QED) is 0.0507. The van der Waals surface area contributed by atoms with E-state index in [4.69, 9.17) is 37.9 Å². The number of fused-ring (bicyclic) bond motifs is 4. The van der Waals surface area contributed by atoms with E-state index in [0.29, 0.717) is 123 Å². The summed E-state index contributed by atoms with van der Waals surface area (Å²) in [4.78, 5) is 103. The maximum absolute atomic E-state index is 14.4. The van der Waals surface area contributed by atoms with E-state index in [-0.39, 0.29) is 104 Å². The number of ketones is 3. The van der Waals surface area contributed by atoms with E-state index in [1.54, 1.807) is 91.5 Å². The molecule has 0 bridgehead atoms. The zero-order valence-corrected chi connectivity index (χ0v) is 54.6. The molecule has 91 heavy (non-hydrogen) atoms. The molecule has 492 valence electrons. The lowest BCUT2D eigenvalue weighted by atomic mass is 9.88. The standard InChI is InChI=1S/C69H89N5O16S/c1-9-14-50-33-52-40-70-58-38-64(63(83-8)37-56(58)66(79)72(52)41-50)89-24-13-23-88-62-39-59-57(32-46(62)6)67(80)73-42-51(15-10-2)34-60(73)68(81)74(59)69(82)90-43-49-19-17-48(18-20-49)35-61(77)47(7)71-65(78)55(45(4)5)36-53(75)21-25-85-27-29-87-31-30-86-28-26-84-22-12-16-54(76)44-91-11-3/h9-10,14-15,17-20,32,37-42,45,47,52,55,60,68,81H,11-13,16,21-31,33-36,43-44H2,1-8H3,(H,71,78)/b14-9+,15-10+/t47-,52-,55-,60-,68-/m0/s1. The first-order valence-corrected chi connectivity index (χ1v) is 32.6. The smallest absolute Gasteiger partial charge is 0.416 e. The van der Waals surface area contributed by atoms with Crippen molar-refractivity contribution >= 4 is 70.5 Å². The molecule has 0 fully saturated rings. The zero-order valence-electron chi connectivity index (χ0n) is 53.7. The van der Waals surface area contributed by atoms with Gasteiger partial charge in [0.05, 0.1) is 113 Å². The predicted molar refractivity (Wildman–Crippen MR) is 347 cm³/mol. The third-order valence-corrected chi connectivity index (χ3v) is 16.7. The van der Waals surface area contributed by atoms with Crippen molar-refractivity contribution in [3.8, 4) is 17.2 Å². The van der Waals surface area contributed by atoms with Crippen molar-refractivity contribution in [1.29, 1.82) is 0 Å². The molecule has 4 aliphatic heterocycles. The van der Waals surface area contributed by atoms with Gasteiger partial charge >= 0.3 is 6.09 Å². The van der Waals surface area contributed by atoms with Crippen LogP contribution < -0.4 is 24.4 Å². The maximum Gasteiger partial charge on any atom is 0.416 e. The number of hydrogen-bond donors (Lipinski definition) is 2. The minimum absolute atomic E-state index is 0.000502. The van der Waals surface area contributed by atoms with E-state index >= 15 is 0 Å². The number of anilines is 1. The van der Waals surface area contributed by atoms with Crippen molar-refractivity contribution in [2.75, 3.05) is 89.6 Å². The third kappa shape index (κ3) is 20.3. The number of rotatable bonds is 38. The summed E-state index contributed by atoms with van der Waals surface area (Å²) in [5.41, 5.74) is 4.84. The van der Waals surface area contributed by atoms with Crippen LogP contribution in [0.1, 0.15) is 124 Å². The highest BCUT2D eigenvalue weighted by molar-refractivity contribution is 7.99. The first-order chi connectivity index (χ1) is 43.9. The molecule has 21 nitrogen and oxygen atoms in total. The third-order valence-electron chi connectivity index (χ3n) is 15.8. The number of nitrogens with one attached hydrogen (secondary N) is 1. The highest BCUT2D eigenvalue weighted by Crippen LogP contribution is 2.41. The summed E-state index contributed by atoms with van der Waals surface area (Å²) < 4.78 is 46.1. The molecular weight excluding hydrogens is 1190 g/mol. The van der Waals surface area contributed by atoms with Crippen LogP contribution in [-0.2, 0) is 55.9 Å². The van der Waals surface area contributed by atoms with Gasteiger partial charge < -0.3 is 58.1 Å². The Morgan fingerprint density at radius 2 is 1.35 bits per heavy atom. The van der Waals surface area contributed by atoms with Gasteiger partial charge in [-0.25, -0.2) is 9.69 Å². The van der Waals surface area contributed by atoms with Gasteiger partial charge in [-0.3, -0.25) is 33.8 Å². The second kappa shape index (κ2) is 36.0. The van der Waals surface area contributed by atoms with E-state index in [1.165, 1.54) is 12.0 Å². The van der Waals surface area contributed by atoms with Gasteiger partial charge in [0, 0.05) is 75.4 Å². The van der Waals surface area contributed by atoms with Crippen molar-refractivity contribution in [1.82, 2.24) is 15.1 Å². The molecule has 3 aromatic rings.